The highest BCUT2D eigenvalue weighted by Crippen LogP contribution is 1.39. The molecule has 0 amide bonds. The monoisotopic (exact) mass is 308 g/mol. The van der Waals surface area contributed by atoms with Gasteiger partial charge in [-0.15, -0.1) is 92.1 Å². The Morgan fingerprint density at radius 3 is 0.318 bits per heavy atom. The van der Waals surface area contributed by atoms with Crippen molar-refractivity contribution >= 4 is 0 Å². The highest BCUT2D eigenvalue weighted by Gasteiger charge is 1.15. The third kappa shape index (κ3) is 895. The van der Waals surface area contributed by atoms with Crippen molar-refractivity contribution in [3.8, 4) is 0 Å². The van der Waals surface area contributed by atoms with E-state index in [1.807, 2.05) is 27.7 Å². The van der Waals surface area contributed by atoms with Gasteiger partial charge < -0.3 is 0 Å². The molecule has 22 heavy (non-hydrogen) atoms. The fourth-order valence-corrected chi connectivity index (χ4v) is 0. The van der Waals surface area contributed by atoms with Crippen LogP contribution in [-0.4, -0.2) is 0 Å². The van der Waals surface area contributed by atoms with Crippen LogP contribution >= 0.6 is 0 Å². The molecule has 0 bridgehead atoms. The van der Waals surface area contributed by atoms with Crippen LogP contribution in [0.3, 0.4) is 0 Å². The lowest BCUT2D eigenvalue weighted by atomic mass is 10.8. The largest absolute Gasteiger partial charge is 0.106 e. The summed E-state index contributed by atoms with van der Waals surface area (Å²) in [7, 11) is 0. The molecule has 132 valence electrons. The summed E-state index contributed by atoms with van der Waals surface area (Å²) in [5.74, 6) is 0. The minimum absolute atomic E-state index is 1.75. The highest BCUT2D eigenvalue weighted by molar-refractivity contribution is 4.52. The first-order valence-corrected chi connectivity index (χ1v) is 6.44. The Kier molecular flexibility index (Phi) is 5780. The van der Waals surface area contributed by atoms with E-state index in [-0.39, 0.29) is 0 Å². The molecule has 0 nitrogen and oxygen atoms in total. The van der Waals surface area contributed by atoms with E-state index in [9.17, 15) is 0 Å². The highest BCUT2D eigenvalue weighted by atomic mass is 13.2. The van der Waals surface area contributed by atoms with Crippen LogP contribution in [-0.2, 0) is 0 Å². The van der Waals surface area contributed by atoms with Crippen LogP contribution in [0.1, 0.15) is 27.7 Å². The van der Waals surface area contributed by atoms with Gasteiger partial charge in [-0.2, -0.15) is 0 Å². The lowest BCUT2D eigenvalue weighted by Crippen LogP contribution is -1.07. The van der Waals surface area contributed by atoms with Crippen molar-refractivity contribution in [2.75, 3.05) is 0 Å². The maximum atomic E-state index is 3.36. The first-order valence-electron chi connectivity index (χ1n) is 6.44. The number of rotatable bonds is 0. The minimum Gasteiger partial charge on any atom is -0.106 e. The molecular weight excluding hydrogens is 264 g/mol. The van der Waals surface area contributed by atoms with E-state index in [0.29, 0.717) is 0 Å². The van der Waals surface area contributed by atoms with E-state index < -0.39 is 0 Å². The van der Waals surface area contributed by atoms with Crippen molar-refractivity contribution in [2.24, 2.45) is 0 Å². The quantitative estimate of drug-likeness (QED) is 0.392. The normalized spacial score (nSPS) is 3.27. The molecule has 0 rings (SSSR count). The molecule has 0 saturated carbocycles. The average molecular weight is 309 g/mol. The van der Waals surface area contributed by atoms with Gasteiger partial charge in [-0.05, 0) is 27.7 Å². The summed E-state index contributed by atoms with van der Waals surface area (Å²) in [6, 6.07) is 0. The zero-order valence-electron chi connectivity index (χ0n) is 16.2. The fraction of sp³-hybridized carbons (Fsp3) is 0.182. The van der Waals surface area contributed by atoms with Crippen LogP contribution in [0.5, 0.6) is 0 Å². The van der Waals surface area contributed by atoms with E-state index in [2.05, 4.69) is 92.1 Å². The van der Waals surface area contributed by atoms with Crippen molar-refractivity contribution in [1.29, 1.82) is 0 Å². The van der Waals surface area contributed by atoms with Gasteiger partial charge >= 0.3 is 0 Å². The molecule has 0 fully saturated rings. The van der Waals surface area contributed by atoms with Crippen molar-refractivity contribution in [1.82, 2.24) is 0 Å². The predicted molar refractivity (Wildman–Crippen MR) is 120 cm³/mol. The molecule has 0 heteroatoms. The lowest BCUT2D eigenvalue weighted by molar-refractivity contribution is 1.80. The van der Waals surface area contributed by atoms with Gasteiger partial charge in [0, 0.05) is 0 Å². The average Bonchev–Trinajstić information content (AvgIpc) is 2.59. The first-order chi connectivity index (χ1) is 10.7. The molecule has 0 spiro atoms. The van der Waals surface area contributed by atoms with Crippen molar-refractivity contribution in [3.63, 3.8) is 0 Å². The van der Waals surface area contributed by atoms with E-state index in [1.165, 1.54) is 0 Å². The van der Waals surface area contributed by atoms with Crippen molar-refractivity contribution in [2.45, 2.75) is 27.7 Å². The second kappa shape index (κ2) is 2110. The van der Waals surface area contributed by atoms with Crippen LogP contribution in [0.15, 0.2) is 116 Å². The van der Waals surface area contributed by atoms with E-state index in [0.717, 1.165) is 0 Å². The standard InChI is InChI=1S/4C3H6.5C2H4/c4*1-3-2;5*1-2/h4*3H,1H2,2H3;5*1-2H2. The van der Waals surface area contributed by atoms with Crippen molar-refractivity contribution < 1.29 is 0 Å². The SMILES string of the molecule is C=C.C=C.C=C.C=C.C=C.C=CC.C=CC.C=CC.C=CC. The smallest absolute Gasteiger partial charge is 0.0473 e. The molecule has 0 radical (unpaired) electrons. The van der Waals surface area contributed by atoms with Crippen LogP contribution in [0.2, 0.25) is 0 Å². The fourth-order valence-electron chi connectivity index (χ4n) is 0. The predicted octanol–water partition coefficient (Wildman–Crippen LogP) is 8.78. The van der Waals surface area contributed by atoms with Gasteiger partial charge in [-0.3, -0.25) is 0 Å². The van der Waals surface area contributed by atoms with Gasteiger partial charge in [0.15, 0.2) is 0 Å². The maximum Gasteiger partial charge on any atom is -0.0473 e. The van der Waals surface area contributed by atoms with Crippen molar-refractivity contribution in [3.05, 3.63) is 116 Å². The van der Waals surface area contributed by atoms with E-state index in [4.69, 9.17) is 0 Å². The summed E-state index contributed by atoms with van der Waals surface area (Å²) >= 11 is 0. The summed E-state index contributed by atoms with van der Waals surface area (Å²) in [6.07, 6.45) is 7.00. The van der Waals surface area contributed by atoms with Crippen LogP contribution in [0.4, 0.5) is 0 Å². The summed E-state index contributed by atoms with van der Waals surface area (Å²) in [4.78, 5) is 0. The van der Waals surface area contributed by atoms with Gasteiger partial charge in [0.2, 0.25) is 0 Å². The maximum absolute atomic E-state index is 3.36. The molecule has 0 aliphatic carbocycles. The molecule has 0 saturated heterocycles. The zero-order valence-corrected chi connectivity index (χ0v) is 16.2. The van der Waals surface area contributed by atoms with Gasteiger partial charge in [0.25, 0.3) is 0 Å². The van der Waals surface area contributed by atoms with Gasteiger partial charge in [-0.1, -0.05) is 24.3 Å². The molecule has 0 unspecified atom stereocenters. The molecule has 0 aliphatic rings. The summed E-state index contributed by atoms with van der Waals surface area (Å²) in [6.45, 7) is 51.0. The Hall–Kier alpha value is -2.34. The molecule has 0 N–H and O–H groups in total. The van der Waals surface area contributed by atoms with Gasteiger partial charge in [0.05, 0.1) is 0 Å². The number of hydrogen-bond donors (Lipinski definition) is 0. The Bertz CT molecular complexity index is 95.4. The van der Waals surface area contributed by atoms with Gasteiger partial charge in [0.1, 0.15) is 0 Å². The number of allylic oxidation sites excluding steroid dienone is 4. The Balaban J connectivity index is -0.0000000125. The minimum atomic E-state index is 1.75. The van der Waals surface area contributed by atoms with Gasteiger partial charge in [-0.25, -0.2) is 0 Å². The van der Waals surface area contributed by atoms with Crippen LogP contribution in [0.25, 0.3) is 0 Å². The topological polar surface area (TPSA) is 0 Å². The first kappa shape index (κ1) is 60.2. The van der Waals surface area contributed by atoms with Crippen LogP contribution < -0.4 is 0 Å². The Morgan fingerprint density at radius 1 is 0.318 bits per heavy atom. The zero-order chi connectivity index (χ0) is 20.8. The number of hydrogen-bond acceptors (Lipinski definition) is 0. The second-order valence-corrected chi connectivity index (χ2v) is 1.63. The summed E-state index contributed by atoms with van der Waals surface area (Å²) < 4.78 is 0. The second-order valence-electron chi connectivity index (χ2n) is 1.63. The molecule has 0 aliphatic heterocycles. The van der Waals surface area contributed by atoms with E-state index in [1.54, 1.807) is 24.3 Å². The molecule has 0 aromatic heterocycles. The lowest BCUT2D eigenvalue weighted by Gasteiger charge is -1.31. The third-order valence-electron chi connectivity index (χ3n) is 0. The summed E-state index contributed by atoms with van der Waals surface area (Å²) in [5, 5.41) is 0. The van der Waals surface area contributed by atoms with E-state index >= 15 is 0 Å². The molecule has 0 aromatic rings. The molecular formula is C22H44. The molecule has 0 heterocycles. The Morgan fingerprint density at radius 2 is 0.318 bits per heavy atom. The summed E-state index contributed by atoms with van der Waals surface area (Å²) in [5.41, 5.74) is 0. The molecule has 0 aromatic carbocycles. The van der Waals surface area contributed by atoms with Crippen LogP contribution in [0, 0.1) is 0 Å². The Labute approximate surface area is 144 Å². The third-order valence-corrected chi connectivity index (χ3v) is 0. The molecule has 0 atom stereocenters.